The number of hydrogen-bond acceptors (Lipinski definition) is 4. The van der Waals surface area contributed by atoms with Gasteiger partial charge in [-0.1, -0.05) is 24.3 Å². The first-order valence-corrected chi connectivity index (χ1v) is 8.04. The highest BCUT2D eigenvalue weighted by molar-refractivity contribution is 6.09. The van der Waals surface area contributed by atoms with Crippen LogP contribution >= 0.6 is 0 Å². The van der Waals surface area contributed by atoms with Crippen molar-refractivity contribution < 1.29 is 9.59 Å². The minimum absolute atomic E-state index is 0.368. The summed E-state index contributed by atoms with van der Waals surface area (Å²) in [5.41, 5.74) is 2.27. The second-order valence-electron chi connectivity index (χ2n) is 6.54. The van der Waals surface area contributed by atoms with Gasteiger partial charge in [0, 0.05) is 39.6 Å². The van der Waals surface area contributed by atoms with Crippen LogP contribution in [0.25, 0.3) is 0 Å². The fourth-order valence-electron chi connectivity index (χ4n) is 3.05. The average molecular weight is 338 g/mol. The number of carbonyl (C=O) groups is 2. The molecule has 6 heteroatoms. The molecule has 1 saturated heterocycles. The Morgan fingerprint density at radius 2 is 1.12 bits per heavy atom. The Hall–Kier alpha value is -3.02. The predicted octanol–water partition coefficient (Wildman–Crippen LogP) is 1.90. The molecule has 0 spiro atoms. The van der Waals surface area contributed by atoms with Gasteiger partial charge in [-0.15, -0.1) is 0 Å². The van der Waals surface area contributed by atoms with Crippen LogP contribution in [0.1, 0.15) is 11.1 Å². The fourth-order valence-corrected chi connectivity index (χ4v) is 3.05. The molecule has 1 aliphatic rings. The van der Waals surface area contributed by atoms with Crippen LogP contribution < -0.4 is 20.4 Å². The molecule has 6 nitrogen and oxygen atoms in total. The molecule has 0 bridgehead atoms. The minimum atomic E-state index is -1.22. The van der Waals surface area contributed by atoms with E-state index in [1.54, 1.807) is 0 Å². The van der Waals surface area contributed by atoms with Crippen molar-refractivity contribution in [3.8, 4) is 0 Å². The van der Waals surface area contributed by atoms with Crippen molar-refractivity contribution in [1.82, 2.24) is 10.6 Å². The maximum Gasteiger partial charge on any atom is 0.322 e. The monoisotopic (exact) mass is 338 g/mol. The number of nitrogens with zero attached hydrogens (tertiary/aromatic N) is 2. The van der Waals surface area contributed by atoms with Gasteiger partial charge in [-0.05, 0) is 35.4 Å². The van der Waals surface area contributed by atoms with Crippen LogP contribution in [0.15, 0.2) is 48.5 Å². The van der Waals surface area contributed by atoms with E-state index in [-0.39, 0.29) is 5.91 Å². The largest absolute Gasteiger partial charge is 0.378 e. The number of rotatable bonds is 4. The third-order valence-corrected chi connectivity index (χ3v) is 4.50. The molecule has 0 radical (unpaired) electrons. The topological polar surface area (TPSA) is 64.7 Å². The lowest BCUT2D eigenvalue weighted by molar-refractivity contribution is -0.122. The second kappa shape index (κ2) is 6.12. The van der Waals surface area contributed by atoms with Gasteiger partial charge in [0.25, 0.3) is 5.91 Å². The maximum atomic E-state index is 12.7. The van der Waals surface area contributed by atoms with E-state index in [1.807, 2.05) is 86.5 Å². The number of carbonyl (C=O) groups excluding carboxylic acids is 2. The van der Waals surface area contributed by atoms with Crippen LogP contribution in [0, 0.1) is 0 Å². The zero-order valence-electron chi connectivity index (χ0n) is 14.8. The average Bonchev–Trinajstić information content (AvgIpc) is 2.90. The molecule has 0 saturated carbocycles. The molecule has 2 aromatic carbocycles. The number of nitrogens with one attached hydrogen (secondary N) is 2. The van der Waals surface area contributed by atoms with Crippen molar-refractivity contribution in [2.45, 2.75) is 5.54 Å². The van der Waals surface area contributed by atoms with Crippen LogP contribution in [0.5, 0.6) is 0 Å². The molecule has 0 atom stereocenters. The number of hydrogen-bond donors (Lipinski definition) is 2. The van der Waals surface area contributed by atoms with Crippen molar-refractivity contribution in [3.63, 3.8) is 0 Å². The van der Waals surface area contributed by atoms with Crippen molar-refractivity contribution in [1.29, 1.82) is 0 Å². The number of anilines is 2. The van der Waals surface area contributed by atoms with Gasteiger partial charge < -0.3 is 15.1 Å². The van der Waals surface area contributed by atoms with Crippen LogP contribution in [0.3, 0.4) is 0 Å². The molecule has 1 fully saturated rings. The molecule has 0 aromatic heterocycles. The summed E-state index contributed by atoms with van der Waals surface area (Å²) >= 11 is 0. The molecule has 3 amide bonds. The summed E-state index contributed by atoms with van der Waals surface area (Å²) in [7, 11) is 7.81. The molecule has 1 aliphatic heterocycles. The van der Waals surface area contributed by atoms with E-state index in [0.717, 1.165) is 22.5 Å². The molecular formula is C19H22N4O2. The Balaban J connectivity index is 2.11. The summed E-state index contributed by atoms with van der Waals surface area (Å²) in [6.07, 6.45) is 0. The first-order valence-electron chi connectivity index (χ1n) is 8.04. The van der Waals surface area contributed by atoms with E-state index < -0.39 is 11.6 Å². The van der Waals surface area contributed by atoms with E-state index in [1.165, 1.54) is 0 Å². The maximum absolute atomic E-state index is 12.7. The molecule has 1 heterocycles. The number of amides is 3. The first kappa shape index (κ1) is 16.8. The summed E-state index contributed by atoms with van der Waals surface area (Å²) < 4.78 is 0. The lowest BCUT2D eigenvalue weighted by atomic mass is 9.82. The molecule has 0 aliphatic carbocycles. The lowest BCUT2D eigenvalue weighted by Gasteiger charge is -2.28. The van der Waals surface area contributed by atoms with Crippen LogP contribution in [0.2, 0.25) is 0 Å². The van der Waals surface area contributed by atoms with Gasteiger partial charge in [-0.3, -0.25) is 10.1 Å². The molecule has 130 valence electrons. The van der Waals surface area contributed by atoms with Gasteiger partial charge >= 0.3 is 6.03 Å². The summed E-state index contributed by atoms with van der Waals surface area (Å²) in [6, 6.07) is 14.7. The number of imide groups is 1. The van der Waals surface area contributed by atoms with E-state index in [2.05, 4.69) is 10.6 Å². The number of urea groups is 1. The predicted molar refractivity (Wildman–Crippen MR) is 99.0 cm³/mol. The van der Waals surface area contributed by atoms with E-state index in [4.69, 9.17) is 0 Å². The van der Waals surface area contributed by atoms with Gasteiger partial charge in [0.1, 0.15) is 0 Å². The summed E-state index contributed by atoms with van der Waals surface area (Å²) in [5, 5.41) is 5.19. The summed E-state index contributed by atoms with van der Waals surface area (Å²) in [4.78, 5) is 28.6. The van der Waals surface area contributed by atoms with Gasteiger partial charge in [0.05, 0.1) is 0 Å². The lowest BCUT2D eigenvalue weighted by Crippen LogP contribution is -2.44. The Kier molecular flexibility index (Phi) is 4.12. The molecular weight excluding hydrogens is 316 g/mol. The molecule has 2 aromatic rings. The van der Waals surface area contributed by atoms with E-state index in [0.29, 0.717) is 0 Å². The highest BCUT2D eigenvalue weighted by atomic mass is 16.2. The zero-order chi connectivity index (χ0) is 18.2. The third-order valence-electron chi connectivity index (χ3n) is 4.50. The molecule has 0 unspecified atom stereocenters. The van der Waals surface area contributed by atoms with Crippen molar-refractivity contribution in [2.24, 2.45) is 0 Å². The zero-order valence-corrected chi connectivity index (χ0v) is 14.8. The van der Waals surface area contributed by atoms with Crippen molar-refractivity contribution >= 4 is 23.3 Å². The SMILES string of the molecule is CN(C)c1ccc(C2(c3ccc(N(C)C)cc3)NC(=O)NC2=O)cc1. The van der Waals surface area contributed by atoms with E-state index >= 15 is 0 Å². The Morgan fingerprint density at radius 1 is 0.720 bits per heavy atom. The molecule has 3 rings (SSSR count). The summed E-state index contributed by atoms with van der Waals surface area (Å²) in [6.45, 7) is 0. The van der Waals surface area contributed by atoms with Crippen molar-refractivity contribution in [3.05, 3.63) is 59.7 Å². The van der Waals surface area contributed by atoms with Gasteiger partial charge in [0.15, 0.2) is 5.54 Å². The minimum Gasteiger partial charge on any atom is -0.378 e. The Morgan fingerprint density at radius 3 is 1.40 bits per heavy atom. The summed E-state index contributed by atoms with van der Waals surface area (Å²) in [5.74, 6) is -0.368. The third kappa shape index (κ3) is 2.80. The second-order valence-corrected chi connectivity index (χ2v) is 6.54. The highest BCUT2D eigenvalue weighted by Crippen LogP contribution is 2.34. The first-order chi connectivity index (χ1) is 11.8. The van der Waals surface area contributed by atoms with Crippen LogP contribution in [0.4, 0.5) is 16.2 Å². The Bertz CT molecular complexity index is 744. The van der Waals surface area contributed by atoms with Crippen LogP contribution in [-0.4, -0.2) is 40.1 Å². The molecule has 2 N–H and O–H groups in total. The van der Waals surface area contributed by atoms with Crippen LogP contribution in [-0.2, 0) is 10.3 Å². The Labute approximate surface area is 147 Å². The normalized spacial score (nSPS) is 15.5. The molecule has 25 heavy (non-hydrogen) atoms. The van der Waals surface area contributed by atoms with Gasteiger partial charge in [-0.2, -0.15) is 0 Å². The fraction of sp³-hybridized carbons (Fsp3) is 0.263. The van der Waals surface area contributed by atoms with Gasteiger partial charge in [0.2, 0.25) is 0 Å². The van der Waals surface area contributed by atoms with E-state index in [9.17, 15) is 9.59 Å². The van der Waals surface area contributed by atoms with Crippen molar-refractivity contribution in [2.75, 3.05) is 38.0 Å². The number of benzene rings is 2. The van der Waals surface area contributed by atoms with Gasteiger partial charge in [-0.25, -0.2) is 4.79 Å². The highest BCUT2D eigenvalue weighted by Gasteiger charge is 2.49. The quantitative estimate of drug-likeness (QED) is 0.836. The standard InChI is InChI=1S/C19H22N4O2/c1-22(2)15-9-5-13(6-10-15)19(17(24)20-18(25)21-19)14-7-11-16(12-8-14)23(3)4/h5-12H,1-4H3,(H2,20,21,24,25). The smallest absolute Gasteiger partial charge is 0.322 e.